The molecule has 0 spiro atoms. The number of hydrogen-bond donors (Lipinski definition) is 2. The van der Waals surface area contributed by atoms with E-state index >= 15 is 0 Å². The van der Waals surface area contributed by atoms with Crippen LogP contribution in [0.15, 0.2) is 0 Å². The number of nitrogen functional groups attached to an aromatic ring is 1. The molecule has 1 fully saturated rings. The predicted octanol–water partition coefficient (Wildman–Crippen LogP) is 2.28. The van der Waals surface area contributed by atoms with Crippen LogP contribution in [0.25, 0.3) is 0 Å². The summed E-state index contributed by atoms with van der Waals surface area (Å²) in [4.78, 5) is 14.2. The van der Waals surface area contributed by atoms with Crippen molar-refractivity contribution in [3.63, 3.8) is 0 Å². The number of nitrogens with zero attached hydrogens (tertiary/aromatic N) is 1. The average molecular weight is 298 g/mol. The molecule has 0 radical (unpaired) electrons. The Balaban J connectivity index is 2.41. The standard InChI is InChI=1S/C14H22N2O3S/c1-8(2)19-11-10(15)12(9(3)17)20-13(11)16-6-5-14(4,18)7-16/h8,18H,5-7,15H2,1-4H3. The second kappa shape index (κ2) is 5.26. The molecule has 2 rings (SSSR count). The van der Waals surface area contributed by atoms with Gasteiger partial charge in [-0.25, -0.2) is 0 Å². The van der Waals surface area contributed by atoms with Crippen molar-refractivity contribution in [3.8, 4) is 5.75 Å². The normalized spacial score (nSPS) is 22.6. The molecular formula is C14H22N2O3S. The summed E-state index contributed by atoms with van der Waals surface area (Å²) in [5, 5.41) is 11.0. The minimum atomic E-state index is -0.704. The van der Waals surface area contributed by atoms with Crippen LogP contribution in [0.5, 0.6) is 5.75 Å². The average Bonchev–Trinajstić information content (AvgIpc) is 2.80. The predicted molar refractivity (Wildman–Crippen MR) is 82.0 cm³/mol. The van der Waals surface area contributed by atoms with E-state index in [-0.39, 0.29) is 11.9 Å². The minimum absolute atomic E-state index is 0.0198. The van der Waals surface area contributed by atoms with Gasteiger partial charge in [0.05, 0.1) is 22.3 Å². The van der Waals surface area contributed by atoms with Crippen molar-refractivity contribution in [2.45, 2.75) is 45.8 Å². The van der Waals surface area contributed by atoms with Crippen LogP contribution in [-0.4, -0.2) is 35.7 Å². The van der Waals surface area contributed by atoms with Crippen LogP contribution in [0.1, 0.15) is 43.8 Å². The smallest absolute Gasteiger partial charge is 0.177 e. The van der Waals surface area contributed by atoms with E-state index in [1.54, 1.807) is 0 Å². The number of carbonyl (C=O) groups is 1. The first-order valence-corrected chi connectivity index (χ1v) is 7.60. The third-order valence-corrected chi connectivity index (χ3v) is 4.64. The fourth-order valence-electron chi connectivity index (χ4n) is 2.35. The van der Waals surface area contributed by atoms with Crippen molar-refractivity contribution in [1.29, 1.82) is 0 Å². The summed E-state index contributed by atoms with van der Waals surface area (Å²) in [6.07, 6.45) is 0.676. The van der Waals surface area contributed by atoms with E-state index in [4.69, 9.17) is 10.5 Å². The van der Waals surface area contributed by atoms with Gasteiger partial charge in [0.15, 0.2) is 11.5 Å². The number of hydrogen-bond acceptors (Lipinski definition) is 6. The van der Waals surface area contributed by atoms with Crippen LogP contribution in [-0.2, 0) is 0 Å². The first-order valence-electron chi connectivity index (χ1n) is 6.78. The first-order chi connectivity index (χ1) is 9.21. The molecule has 1 atom stereocenters. The zero-order chi connectivity index (χ0) is 15.1. The Labute approximate surface area is 123 Å². The highest BCUT2D eigenvalue weighted by Crippen LogP contribution is 2.47. The highest BCUT2D eigenvalue weighted by molar-refractivity contribution is 7.19. The molecule has 1 aromatic rings. The number of rotatable bonds is 4. The molecule has 3 N–H and O–H groups in total. The second-order valence-corrected chi connectivity index (χ2v) is 6.87. The third-order valence-electron chi connectivity index (χ3n) is 3.29. The lowest BCUT2D eigenvalue weighted by atomic mass is 10.1. The Morgan fingerprint density at radius 1 is 1.55 bits per heavy atom. The van der Waals surface area contributed by atoms with Gasteiger partial charge in [-0.1, -0.05) is 0 Å². The summed E-state index contributed by atoms with van der Waals surface area (Å²) >= 11 is 1.35. The Morgan fingerprint density at radius 3 is 2.65 bits per heavy atom. The molecule has 1 aliphatic rings. The number of Topliss-reactive ketones (excluding diaryl/α,β-unsaturated/α-hetero) is 1. The quantitative estimate of drug-likeness (QED) is 0.834. The van der Waals surface area contributed by atoms with Gasteiger partial charge in [0.1, 0.15) is 5.00 Å². The molecule has 1 saturated heterocycles. The van der Waals surface area contributed by atoms with Gasteiger partial charge in [-0.15, -0.1) is 11.3 Å². The van der Waals surface area contributed by atoms with Crippen molar-refractivity contribution >= 4 is 27.8 Å². The number of aliphatic hydroxyl groups is 1. The summed E-state index contributed by atoms with van der Waals surface area (Å²) < 4.78 is 5.80. The lowest BCUT2D eigenvalue weighted by molar-refractivity contribution is 0.0839. The first kappa shape index (κ1) is 15.1. The fraction of sp³-hybridized carbons (Fsp3) is 0.643. The molecule has 0 saturated carbocycles. The summed E-state index contributed by atoms with van der Waals surface area (Å²) in [6.45, 7) is 8.44. The van der Waals surface area contributed by atoms with Crippen molar-refractivity contribution in [2.24, 2.45) is 0 Å². The van der Waals surface area contributed by atoms with Crippen LogP contribution in [0, 0.1) is 0 Å². The molecule has 1 aliphatic heterocycles. The van der Waals surface area contributed by atoms with Crippen LogP contribution >= 0.6 is 11.3 Å². The Morgan fingerprint density at radius 2 is 2.20 bits per heavy atom. The van der Waals surface area contributed by atoms with E-state index in [9.17, 15) is 9.90 Å². The minimum Gasteiger partial charge on any atom is -0.486 e. The number of ether oxygens (including phenoxy) is 1. The van der Waals surface area contributed by atoms with Gasteiger partial charge in [-0.2, -0.15) is 0 Å². The van der Waals surface area contributed by atoms with Gasteiger partial charge in [0.25, 0.3) is 0 Å². The van der Waals surface area contributed by atoms with Crippen molar-refractivity contribution in [1.82, 2.24) is 0 Å². The van der Waals surface area contributed by atoms with Crippen molar-refractivity contribution in [2.75, 3.05) is 23.7 Å². The monoisotopic (exact) mass is 298 g/mol. The number of nitrogens with two attached hydrogens (primary N) is 1. The number of β-amino-alcohol motifs (C(OH)–C–C–N with tert-alkyl or cyclic N) is 1. The molecule has 1 aromatic heterocycles. The molecule has 5 nitrogen and oxygen atoms in total. The number of ketones is 1. The van der Waals surface area contributed by atoms with Gasteiger partial charge in [0.2, 0.25) is 0 Å². The molecule has 0 aliphatic carbocycles. The summed E-state index contributed by atoms with van der Waals surface area (Å²) in [7, 11) is 0. The van der Waals surface area contributed by atoms with E-state index in [1.807, 2.05) is 25.7 Å². The third kappa shape index (κ3) is 2.91. The van der Waals surface area contributed by atoms with Crippen LogP contribution in [0.4, 0.5) is 10.7 Å². The van der Waals surface area contributed by atoms with Crippen molar-refractivity contribution in [3.05, 3.63) is 4.88 Å². The maximum absolute atomic E-state index is 11.7. The Kier molecular flexibility index (Phi) is 3.97. The zero-order valence-electron chi connectivity index (χ0n) is 12.4. The summed E-state index contributed by atoms with van der Waals surface area (Å²) in [5.41, 5.74) is 5.77. The van der Waals surface area contributed by atoms with Gasteiger partial charge < -0.3 is 20.5 Å². The molecule has 6 heteroatoms. The molecule has 0 aromatic carbocycles. The van der Waals surface area contributed by atoms with Crippen molar-refractivity contribution < 1.29 is 14.6 Å². The Hall–Kier alpha value is -1.27. The van der Waals surface area contributed by atoms with Crippen LogP contribution < -0.4 is 15.4 Å². The fourth-order valence-corrected chi connectivity index (χ4v) is 3.43. The van der Waals surface area contributed by atoms with Crippen LogP contribution in [0.3, 0.4) is 0 Å². The summed E-state index contributed by atoms with van der Waals surface area (Å²) in [5.74, 6) is 0.520. The maximum Gasteiger partial charge on any atom is 0.177 e. The SMILES string of the molecule is CC(=O)c1sc(N2CCC(C)(O)C2)c(OC(C)C)c1N. The lowest BCUT2D eigenvalue weighted by Gasteiger charge is -2.21. The molecule has 1 unspecified atom stereocenters. The van der Waals surface area contributed by atoms with E-state index < -0.39 is 5.60 Å². The molecule has 2 heterocycles. The van der Waals surface area contributed by atoms with Gasteiger partial charge in [-0.05, 0) is 27.2 Å². The lowest BCUT2D eigenvalue weighted by Crippen LogP contribution is -2.29. The Bertz CT molecular complexity index is 523. The number of thiophene rings is 1. The van der Waals surface area contributed by atoms with Gasteiger partial charge in [-0.3, -0.25) is 4.79 Å². The molecule has 0 bridgehead atoms. The number of anilines is 2. The van der Waals surface area contributed by atoms with E-state index in [2.05, 4.69) is 0 Å². The summed E-state index contributed by atoms with van der Waals surface area (Å²) in [6, 6.07) is 0. The second-order valence-electron chi connectivity index (χ2n) is 5.87. The van der Waals surface area contributed by atoms with E-state index in [0.717, 1.165) is 11.5 Å². The largest absolute Gasteiger partial charge is 0.486 e. The van der Waals surface area contributed by atoms with Gasteiger partial charge in [0, 0.05) is 20.0 Å². The van der Waals surface area contributed by atoms with E-state index in [0.29, 0.717) is 29.3 Å². The highest BCUT2D eigenvalue weighted by atomic mass is 32.1. The molecule has 112 valence electrons. The molecular weight excluding hydrogens is 276 g/mol. The number of carbonyl (C=O) groups excluding carboxylic acids is 1. The topological polar surface area (TPSA) is 75.8 Å². The molecule has 20 heavy (non-hydrogen) atoms. The zero-order valence-corrected chi connectivity index (χ0v) is 13.2. The van der Waals surface area contributed by atoms with Gasteiger partial charge >= 0.3 is 0 Å². The van der Waals surface area contributed by atoms with E-state index in [1.165, 1.54) is 18.3 Å². The van der Waals surface area contributed by atoms with Crippen LogP contribution in [0.2, 0.25) is 0 Å². The molecule has 0 amide bonds. The maximum atomic E-state index is 11.7. The highest BCUT2D eigenvalue weighted by Gasteiger charge is 2.35.